The monoisotopic (exact) mass is 464 g/mol. The number of carbonyl (C=O) groups excluding carboxylic acids is 2. The minimum Gasteiger partial charge on any atom is -0.481 e. The minimum absolute atomic E-state index is 0.0500. The summed E-state index contributed by atoms with van der Waals surface area (Å²) in [6, 6.07) is 15.6. The van der Waals surface area contributed by atoms with Crippen molar-refractivity contribution < 1.29 is 24.2 Å². The van der Waals surface area contributed by atoms with Gasteiger partial charge in [0, 0.05) is 24.9 Å². The van der Waals surface area contributed by atoms with Gasteiger partial charge in [0.15, 0.2) is 0 Å². The van der Waals surface area contributed by atoms with Gasteiger partial charge in [-0.05, 0) is 34.6 Å². The van der Waals surface area contributed by atoms with E-state index in [4.69, 9.17) is 4.74 Å². The third-order valence-corrected chi connectivity index (χ3v) is 6.96. The highest BCUT2D eigenvalue weighted by Crippen LogP contribution is 2.44. The summed E-state index contributed by atoms with van der Waals surface area (Å²) in [7, 11) is 0. The lowest BCUT2D eigenvalue weighted by Gasteiger charge is -2.43. The fourth-order valence-electron chi connectivity index (χ4n) is 4.91. The number of nitrogens with zero attached hydrogens (tertiary/aromatic N) is 1. The molecule has 34 heavy (non-hydrogen) atoms. The van der Waals surface area contributed by atoms with Crippen molar-refractivity contribution in [1.82, 2.24) is 10.2 Å². The summed E-state index contributed by atoms with van der Waals surface area (Å²) in [4.78, 5) is 38.6. The lowest BCUT2D eigenvalue weighted by atomic mass is 9.86. The first-order valence-electron chi connectivity index (χ1n) is 11.9. The molecule has 7 heteroatoms. The van der Waals surface area contributed by atoms with Crippen LogP contribution in [0.15, 0.2) is 48.5 Å². The van der Waals surface area contributed by atoms with Crippen LogP contribution in [0.3, 0.4) is 0 Å². The number of hydrogen-bond acceptors (Lipinski definition) is 4. The van der Waals surface area contributed by atoms with E-state index in [2.05, 4.69) is 29.6 Å². The van der Waals surface area contributed by atoms with Crippen molar-refractivity contribution in [2.75, 3.05) is 19.7 Å². The average molecular weight is 465 g/mol. The molecule has 0 bridgehead atoms. The van der Waals surface area contributed by atoms with Gasteiger partial charge in [-0.3, -0.25) is 9.59 Å². The van der Waals surface area contributed by atoms with Gasteiger partial charge in [0.2, 0.25) is 5.91 Å². The SMILES string of the molecule is CC(C)C[C@H](NC(=O)OCC1c2ccccc2-c2ccccc21)C(=O)N1CC(C(C)C(=O)O)C1. The Morgan fingerprint density at radius 2 is 1.56 bits per heavy atom. The number of fused-ring (bicyclic) bond motifs is 3. The number of likely N-dealkylation sites (tertiary alicyclic amines) is 1. The second kappa shape index (κ2) is 9.87. The van der Waals surface area contributed by atoms with Crippen molar-refractivity contribution in [2.24, 2.45) is 17.8 Å². The first-order chi connectivity index (χ1) is 16.3. The number of aliphatic carboxylic acids is 1. The van der Waals surface area contributed by atoms with Gasteiger partial charge in [-0.2, -0.15) is 0 Å². The number of benzene rings is 2. The van der Waals surface area contributed by atoms with E-state index in [1.54, 1.807) is 11.8 Å². The van der Waals surface area contributed by atoms with Crippen molar-refractivity contribution in [1.29, 1.82) is 0 Å². The van der Waals surface area contributed by atoms with Gasteiger partial charge in [-0.15, -0.1) is 0 Å². The Morgan fingerprint density at radius 3 is 2.09 bits per heavy atom. The third-order valence-electron chi connectivity index (χ3n) is 6.96. The topological polar surface area (TPSA) is 95.9 Å². The molecule has 1 aliphatic carbocycles. The van der Waals surface area contributed by atoms with E-state index in [0.717, 1.165) is 22.3 Å². The Labute approximate surface area is 200 Å². The maximum absolute atomic E-state index is 13.0. The zero-order chi connectivity index (χ0) is 24.4. The number of alkyl carbamates (subject to hydrolysis) is 1. The number of carboxylic acids is 1. The maximum Gasteiger partial charge on any atom is 0.407 e. The first kappa shape index (κ1) is 23.8. The van der Waals surface area contributed by atoms with Gasteiger partial charge < -0.3 is 20.1 Å². The van der Waals surface area contributed by atoms with Crippen LogP contribution >= 0.6 is 0 Å². The highest BCUT2D eigenvalue weighted by molar-refractivity contribution is 5.86. The smallest absolute Gasteiger partial charge is 0.407 e. The summed E-state index contributed by atoms with van der Waals surface area (Å²) in [6.45, 7) is 6.62. The lowest BCUT2D eigenvalue weighted by molar-refractivity contribution is -0.151. The van der Waals surface area contributed by atoms with Gasteiger partial charge in [0.05, 0.1) is 5.92 Å². The van der Waals surface area contributed by atoms with Crippen molar-refractivity contribution >= 4 is 18.0 Å². The van der Waals surface area contributed by atoms with Crippen LogP contribution in [-0.2, 0) is 14.3 Å². The van der Waals surface area contributed by atoms with E-state index >= 15 is 0 Å². The normalized spacial score (nSPS) is 16.9. The second-order valence-electron chi connectivity index (χ2n) is 9.78. The molecule has 2 N–H and O–H groups in total. The fourth-order valence-corrected chi connectivity index (χ4v) is 4.91. The number of hydrogen-bond donors (Lipinski definition) is 2. The minimum atomic E-state index is -0.854. The van der Waals surface area contributed by atoms with Crippen LogP contribution in [0.25, 0.3) is 11.1 Å². The number of ether oxygens (including phenoxy) is 1. The summed E-state index contributed by atoms with van der Waals surface area (Å²) >= 11 is 0. The number of amides is 2. The molecule has 2 amide bonds. The number of carboxylic acid groups (broad SMARTS) is 1. The highest BCUT2D eigenvalue weighted by atomic mass is 16.5. The molecule has 0 aromatic heterocycles. The van der Waals surface area contributed by atoms with Gasteiger partial charge in [0.1, 0.15) is 12.6 Å². The average Bonchev–Trinajstić information content (AvgIpc) is 3.09. The van der Waals surface area contributed by atoms with E-state index < -0.39 is 24.0 Å². The first-order valence-corrected chi connectivity index (χ1v) is 11.9. The lowest BCUT2D eigenvalue weighted by Crippen LogP contribution is -2.59. The second-order valence-corrected chi connectivity index (χ2v) is 9.78. The molecule has 0 radical (unpaired) electrons. The molecule has 2 aromatic rings. The Bertz CT molecular complexity index is 1030. The third kappa shape index (κ3) is 4.79. The molecule has 1 aliphatic heterocycles. The van der Waals surface area contributed by atoms with Crippen LogP contribution in [-0.4, -0.2) is 53.7 Å². The Balaban J connectivity index is 1.38. The van der Waals surface area contributed by atoms with Crippen molar-refractivity contribution in [3.05, 3.63) is 59.7 Å². The van der Waals surface area contributed by atoms with E-state index in [1.165, 1.54) is 0 Å². The quantitative estimate of drug-likeness (QED) is 0.613. The van der Waals surface area contributed by atoms with Gasteiger partial charge in [-0.1, -0.05) is 69.3 Å². The molecule has 2 aliphatic rings. The zero-order valence-electron chi connectivity index (χ0n) is 19.9. The van der Waals surface area contributed by atoms with Crippen molar-refractivity contribution in [3.8, 4) is 11.1 Å². The Morgan fingerprint density at radius 1 is 1.00 bits per heavy atom. The number of rotatable bonds is 8. The van der Waals surface area contributed by atoms with Crippen LogP contribution in [0.5, 0.6) is 0 Å². The molecule has 2 aromatic carbocycles. The maximum atomic E-state index is 13.0. The van der Waals surface area contributed by atoms with Gasteiger partial charge >= 0.3 is 12.1 Å². The van der Waals surface area contributed by atoms with E-state index in [9.17, 15) is 19.5 Å². The number of carbonyl (C=O) groups is 3. The zero-order valence-corrected chi connectivity index (χ0v) is 19.9. The van der Waals surface area contributed by atoms with Gasteiger partial charge in [-0.25, -0.2) is 4.79 Å². The molecule has 2 atom stereocenters. The van der Waals surface area contributed by atoms with Crippen LogP contribution in [0.2, 0.25) is 0 Å². The molecule has 1 unspecified atom stereocenters. The Kier molecular flexibility index (Phi) is 6.91. The van der Waals surface area contributed by atoms with E-state index in [0.29, 0.717) is 19.5 Å². The summed E-state index contributed by atoms with van der Waals surface area (Å²) in [5, 5.41) is 12.0. The molecule has 4 rings (SSSR count). The molecule has 7 nitrogen and oxygen atoms in total. The van der Waals surface area contributed by atoms with Crippen molar-refractivity contribution in [2.45, 2.75) is 39.2 Å². The van der Waals surface area contributed by atoms with E-state index in [-0.39, 0.29) is 30.3 Å². The molecule has 0 saturated carbocycles. The van der Waals surface area contributed by atoms with Gasteiger partial charge in [0.25, 0.3) is 0 Å². The molecule has 1 saturated heterocycles. The summed E-state index contributed by atoms with van der Waals surface area (Å²) in [5.41, 5.74) is 4.57. The van der Waals surface area contributed by atoms with Crippen LogP contribution in [0.4, 0.5) is 4.79 Å². The van der Waals surface area contributed by atoms with E-state index in [1.807, 2.05) is 38.1 Å². The van der Waals surface area contributed by atoms with Crippen molar-refractivity contribution in [3.63, 3.8) is 0 Å². The predicted molar refractivity (Wildman–Crippen MR) is 128 cm³/mol. The molecule has 0 spiro atoms. The predicted octanol–water partition coefficient (Wildman–Crippen LogP) is 4.12. The summed E-state index contributed by atoms with van der Waals surface area (Å²) < 4.78 is 5.63. The standard InChI is InChI=1S/C27H32N2O5/c1-16(2)12-24(25(30)29-13-18(14-29)17(3)26(31)32)28-27(33)34-15-23-21-10-6-4-8-19(21)20-9-5-7-11-22(20)23/h4-11,16-18,23-24H,12-15H2,1-3H3,(H,28,33)(H,31,32)/t17?,24-/m0/s1. The highest BCUT2D eigenvalue weighted by Gasteiger charge is 2.40. The molecule has 180 valence electrons. The fraction of sp³-hybridized carbons (Fsp3) is 0.444. The molecular formula is C27H32N2O5. The van der Waals surface area contributed by atoms with Crippen LogP contribution < -0.4 is 5.32 Å². The molecule has 1 heterocycles. The summed E-state index contributed by atoms with van der Waals surface area (Å²) in [5.74, 6) is -1.45. The largest absolute Gasteiger partial charge is 0.481 e. The summed E-state index contributed by atoms with van der Waals surface area (Å²) in [6.07, 6.45) is -0.129. The van der Waals surface area contributed by atoms with Crippen LogP contribution in [0.1, 0.15) is 44.2 Å². The Hall–Kier alpha value is -3.35. The molecular weight excluding hydrogens is 432 g/mol. The molecule has 1 fully saturated rings. The number of nitrogens with one attached hydrogen (secondary N) is 1. The van der Waals surface area contributed by atoms with Crippen LogP contribution in [0, 0.1) is 17.8 Å².